The number of aryl methyl sites for hydroxylation is 1. The van der Waals surface area contributed by atoms with E-state index in [-0.39, 0.29) is 16.9 Å². The van der Waals surface area contributed by atoms with Crippen molar-refractivity contribution in [2.75, 3.05) is 0 Å². The molecule has 0 amide bonds. The first-order valence-electron chi connectivity index (χ1n) is 6.93. The second-order valence-electron chi connectivity index (χ2n) is 5.53. The van der Waals surface area contributed by atoms with Gasteiger partial charge in [-0.05, 0) is 30.5 Å². The van der Waals surface area contributed by atoms with Crippen LogP contribution in [0.4, 0.5) is 22.0 Å². The maximum atomic E-state index is 13.3. The largest absolute Gasteiger partial charge is 0.458 e. The summed E-state index contributed by atoms with van der Waals surface area (Å²) in [6.07, 6.45) is -5.77. The van der Waals surface area contributed by atoms with Crippen molar-refractivity contribution in [2.45, 2.75) is 30.3 Å². The van der Waals surface area contributed by atoms with Crippen LogP contribution in [0.5, 0.6) is 0 Å². The lowest BCUT2D eigenvalue weighted by Gasteiger charge is -2.20. The fourth-order valence-electron chi connectivity index (χ4n) is 2.31. The molecule has 136 valence electrons. The molecule has 0 spiro atoms. The van der Waals surface area contributed by atoms with Crippen molar-refractivity contribution in [1.29, 1.82) is 0 Å². The average molecular weight is 380 g/mol. The van der Waals surface area contributed by atoms with Crippen LogP contribution in [-0.4, -0.2) is 19.1 Å². The quantitative estimate of drug-likeness (QED) is 0.628. The fraction of sp³-hybridized carbons (Fsp3) is 0.250. The van der Waals surface area contributed by atoms with Crippen LogP contribution in [0.15, 0.2) is 47.4 Å². The van der Waals surface area contributed by atoms with Crippen molar-refractivity contribution in [1.82, 2.24) is 0 Å². The number of halogens is 5. The van der Waals surface area contributed by atoms with Gasteiger partial charge < -0.3 is 0 Å². The molecule has 0 saturated carbocycles. The third-order valence-corrected chi connectivity index (χ3v) is 4.52. The van der Waals surface area contributed by atoms with Gasteiger partial charge in [0.25, 0.3) is 10.1 Å². The van der Waals surface area contributed by atoms with Crippen LogP contribution in [0.2, 0.25) is 0 Å². The van der Waals surface area contributed by atoms with Crippen LogP contribution in [0.3, 0.4) is 0 Å². The van der Waals surface area contributed by atoms with Crippen molar-refractivity contribution in [3.8, 4) is 0 Å². The lowest BCUT2D eigenvalue weighted by molar-refractivity contribution is -0.289. The lowest BCUT2D eigenvalue weighted by atomic mass is 10.00. The van der Waals surface area contributed by atoms with Gasteiger partial charge in [-0.2, -0.15) is 30.4 Å². The molecular weight excluding hydrogens is 367 g/mol. The van der Waals surface area contributed by atoms with Gasteiger partial charge >= 0.3 is 12.1 Å². The normalized spacial score (nSPS) is 13.1. The maximum Gasteiger partial charge on any atom is 0.458 e. The number of hydrogen-bond acceptors (Lipinski definition) is 2. The number of rotatable bonds is 4. The molecule has 1 N–H and O–H groups in total. The minimum absolute atomic E-state index is 0.0608. The number of benzene rings is 2. The Morgan fingerprint density at radius 3 is 2.00 bits per heavy atom. The molecule has 0 aromatic heterocycles. The van der Waals surface area contributed by atoms with E-state index in [1.807, 2.05) is 0 Å². The first kappa shape index (κ1) is 19.3. The van der Waals surface area contributed by atoms with Crippen molar-refractivity contribution in [3.63, 3.8) is 0 Å². The Morgan fingerprint density at radius 2 is 1.52 bits per heavy atom. The zero-order valence-electron chi connectivity index (χ0n) is 12.8. The van der Waals surface area contributed by atoms with Crippen molar-refractivity contribution in [2.24, 2.45) is 0 Å². The molecule has 3 nitrogen and oxygen atoms in total. The van der Waals surface area contributed by atoms with Crippen molar-refractivity contribution in [3.05, 3.63) is 64.7 Å². The molecule has 0 heterocycles. The Balaban J connectivity index is 2.37. The summed E-state index contributed by atoms with van der Waals surface area (Å²) in [5.41, 5.74) is 0.0145. The molecule has 0 aliphatic heterocycles. The van der Waals surface area contributed by atoms with Crippen LogP contribution in [-0.2, 0) is 22.5 Å². The average Bonchev–Trinajstić information content (AvgIpc) is 2.45. The topological polar surface area (TPSA) is 54.4 Å². The summed E-state index contributed by atoms with van der Waals surface area (Å²) in [5.74, 6) is -4.98. The van der Waals surface area contributed by atoms with Gasteiger partial charge in [-0.15, -0.1) is 0 Å². The summed E-state index contributed by atoms with van der Waals surface area (Å²) >= 11 is 0. The van der Waals surface area contributed by atoms with Crippen molar-refractivity contribution >= 4 is 10.1 Å². The molecule has 0 aliphatic rings. The summed E-state index contributed by atoms with van der Waals surface area (Å²) in [6.45, 7) is 1.68. The Kier molecular flexibility index (Phi) is 4.93. The second-order valence-corrected chi connectivity index (χ2v) is 6.92. The van der Waals surface area contributed by atoms with E-state index in [1.54, 1.807) is 6.92 Å². The molecule has 0 fully saturated rings. The minimum atomic E-state index is -5.71. The van der Waals surface area contributed by atoms with E-state index in [0.717, 1.165) is 12.1 Å². The molecule has 2 aromatic rings. The second kappa shape index (κ2) is 6.38. The molecule has 0 bridgehead atoms. The van der Waals surface area contributed by atoms with Crippen LogP contribution in [0, 0.1) is 6.92 Å². The Bertz CT molecular complexity index is 872. The third kappa shape index (κ3) is 4.16. The van der Waals surface area contributed by atoms with Gasteiger partial charge in [0.2, 0.25) is 0 Å². The molecular formula is C16H13F5O3S. The van der Waals surface area contributed by atoms with E-state index < -0.39 is 27.8 Å². The van der Waals surface area contributed by atoms with Crippen LogP contribution < -0.4 is 0 Å². The predicted molar refractivity (Wildman–Crippen MR) is 80.2 cm³/mol. The molecule has 9 heteroatoms. The van der Waals surface area contributed by atoms with E-state index in [2.05, 4.69) is 0 Å². The molecule has 0 atom stereocenters. The SMILES string of the molecule is Cc1ccc(S(=O)(=O)O)c(Cc2ccc(C(F)(F)C(F)(F)F)cc2)c1. The van der Waals surface area contributed by atoms with E-state index in [9.17, 15) is 34.9 Å². The standard InChI is InChI=1S/C16H13F5O3S/c1-10-2-7-14(25(22,23)24)12(8-10)9-11-3-5-13(6-4-11)15(17,18)16(19,20)21/h2-8H,9H2,1H3,(H,22,23,24). The lowest BCUT2D eigenvalue weighted by Crippen LogP contribution is -2.33. The fourth-order valence-corrected chi connectivity index (χ4v) is 3.02. The zero-order chi connectivity index (χ0) is 19.0. The molecule has 25 heavy (non-hydrogen) atoms. The summed E-state index contributed by atoms with van der Waals surface area (Å²) in [7, 11) is -4.49. The minimum Gasteiger partial charge on any atom is -0.282 e. The smallest absolute Gasteiger partial charge is 0.282 e. The molecule has 2 aromatic carbocycles. The highest BCUT2D eigenvalue weighted by Gasteiger charge is 2.58. The Hall–Kier alpha value is -2.00. The third-order valence-electron chi connectivity index (χ3n) is 3.56. The number of alkyl halides is 5. The van der Waals surface area contributed by atoms with Gasteiger partial charge in [0, 0.05) is 5.56 Å². The van der Waals surface area contributed by atoms with Crippen molar-refractivity contribution < 1.29 is 34.9 Å². The van der Waals surface area contributed by atoms with E-state index in [4.69, 9.17) is 0 Å². The highest BCUT2D eigenvalue weighted by molar-refractivity contribution is 7.85. The Labute approximate surface area is 140 Å². The molecule has 0 saturated heterocycles. The molecule has 0 radical (unpaired) electrons. The van der Waals surface area contributed by atoms with Gasteiger partial charge in [0.15, 0.2) is 0 Å². The van der Waals surface area contributed by atoms with E-state index >= 15 is 0 Å². The van der Waals surface area contributed by atoms with E-state index in [1.165, 1.54) is 18.2 Å². The Morgan fingerprint density at radius 1 is 0.960 bits per heavy atom. The zero-order valence-corrected chi connectivity index (χ0v) is 13.6. The summed E-state index contributed by atoms with van der Waals surface area (Å²) in [5, 5.41) is 0. The summed E-state index contributed by atoms with van der Waals surface area (Å²) < 4.78 is 95.6. The van der Waals surface area contributed by atoms with Crippen LogP contribution in [0.25, 0.3) is 0 Å². The first-order chi connectivity index (χ1) is 11.3. The van der Waals surface area contributed by atoms with Gasteiger partial charge in [0.1, 0.15) is 0 Å². The molecule has 2 rings (SSSR count). The number of hydrogen-bond donors (Lipinski definition) is 1. The monoisotopic (exact) mass is 380 g/mol. The van der Waals surface area contributed by atoms with Gasteiger partial charge in [0.05, 0.1) is 4.90 Å². The highest BCUT2D eigenvalue weighted by Crippen LogP contribution is 2.43. The summed E-state index contributed by atoms with van der Waals surface area (Å²) in [4.78, 5) is -0.345. The van der Waals surface area contributed by atoms with Gasteiger partial charge in [-0.3, -0.25) is 4.55 Å². The maximum absolute atomic E-state index is 13.3. The molecule has 0 unspecified atom stereocenters. The summed E-state index contributed by atoms with van der Waals surface area (Å²) in [6, 6.07) is 7.57. The molecule has 0 aliphatic carbocycles. The van der Waals surface area contributed by atoms with Crippen LogP contribution >= 0.6 is 0 Å². The highest BCUT2D eigenvalue weighted by atomic mass is 32.2. The van der Waals surface area contributed by atoms with Crippen LogP contribution in [0.1, 0.15) is 22.3 Å². The predicted octanol–water partition coefficient (Wildman–Crippen LogP) is 4.49. The van der Waals surface area contributed by atoms with Gasteiger partial charge in [-0.25, -0.2) is 0 Å². The van der Waals surface area contributed by atoms with E-state index in [0.29, 0.717) is 23.3 Å². The van der Waals surface area contributed by atoms with Gasteiger partial charge in [-0.1, -0.05) is 42.0 Å². The first-order valence-corrected chi connectivity index (χ1v) is 8.37.